The summed E-state index contributed by atoms with van der Waals surface area (Å²) in [4.78, 5) is 130. The van der Waals surface area contributed by atoms with Gasteiger partial charge in [-0.05, 0) is 86.8 Å². The minimum absolute atomic E-state index is 0.00662. The third-order valence-electron chi connectivity index (χ3n) is 12.9. The average molecular weight is 1060 g/mol. The summed E-state index contributed by atoms with van der Waals surface area (Å²) < 4.78 is 0. The molecule has 76 heavy (non-hydrogen) atoms. The molecule has 23 nitrogen and oxygen atoms in total. The number of aliphatic imine (C=N–C) groups is 1. The summed E-state index contributed by atoms with van der Waals surface area (Å²) in [6.45, 7) is 11.8. The Kier molecular flexibility index (Phi) is 23.7. The van der Waals surface area contributed by atoms with E-state index in [-0.39, 0.29) is 75.8 Å². The molecule has 2 aromatic carbocycles. The summed E-state index contributed by atoms with van der Waals surface area (Å²) in [6.07, 6.45) is 3.24. The summed E-state index contributed by atoms with van der Waals surface area (Å²) in [7, 11) is 0. The number of carboxylic acid groups (broad SMARTS) is 1. The maximum Gasteiger partial charge on any atom is 0.326 e. The maximum atomic E-state index is 14.2. The van der Waals surface area contributed by atoms with Crippen molar-refractivity contribution in [3.63, 3.8) is 0 Å². The fourth-order valence-electron chi connectivity index (χ4n) is 8.86. The third-order valence-corrected chi connectivity index (χ3v) is 12.9. The summed E-state index contributed by atoms with van der Waals surface area (Å²) in [5.74, 6) is -7.34. The van der Waals surface area contributed by atoms with Crippen LogP contribution in [0.5, 0.6) is 0 Å². The molecule has 4 rings (SSSR count). The number of nitrogens with zero attached hydrogens (tertiary/aromatic N) is 2. The van der Waals surface area contributed by atoms with Crippen molar-refractivity contribution < 1.29 is 48.3 Å². The Balaban J connectivity index is 1.47. The molecule has 1 fully saturated rings. The number of benzene rings is 2. The first-order valence-electron chi connectivity index (χ1n) is 26.0. The number of carbonyl (C=O) groups is 9. The van der Waals surface area contributed by atoms with Crippen molar-refractivity contribution in [2.75, 3.05) is 19.6 Å². The van der Waals surface area contributed by atoms with Crippen LogP contribution in [0.25, 0.3) is 10.9 Å². The molecule has 15 N–H and O–H groups in total. The molecular weight excluding hydrogens is 979 g/mol. The molecule has 1 aliphatic rings. The van der Waals surface area contributed by atoms with Crippen molar-refractivity contribution in [3.05, 3.63) is 71.9 Å². The van der Waals surface area contributed by atoms with Gasteiger partial charge in [-0.3, -0.25) is 43.3 Å². The van der Waals surface area contributed by atoms with Crippen LogP contribution in [0.1, 0.15) is 98.1 Å². The SMILES string of the molecule is CC(C)C[C@H](NC(=O)[C@H](N)Cc1ccccc1)C(=O)N[C@@H](Cc1c[nH]c2ccccc12)C(=O)NCC(=O)N1CCC[C@H]1C(=O)N[C@@H](CCCN=C(N)N)C(=O)N[C@H](C)C(=O)N[C@@H](CC(C)C)C(=O)N[C@H](C(=O)O)C(C)C. The highest BCUT2D eigenvalue weighted by Crippen LogP contribution is 2.21. The summed E-state index contributed by atoms with van der Waals surface area (Å²) in [5.41, 5.74) is 19.6. The van der Waals surface area contributed by atoms with Gasteiger partial charge in [-0.25, -0.2) is 4.79 Å². The van der Waals surface area contributed by atoms with Crippen molar-refractivity contribution >= 4 is 70.1 Å². The first-order chi connectivity index (χ1) is 35.9. The van der Waals surface area contributed by atoms with E-state index in [1.165, 1.54) is 11.8 Å². The molecule has 2 heterocycles. The number of fused-ring (bicyclic) bond motifs is 1. The Hall–Kier alpha value is -7.56. The number of carboxylic acids is 1. The van der Waals surface area contributed by atoms with E-state index in [0.717, 1.165) is 16.5 Å². The molecule has 0 unspecified atom stereocenters. The number of aromatic amines is 1. The van der Waals surface area contributed by atoms with Crippen LogP contribution in [0, 0.1) is 17.8 Å². The largest absolute Gasteiger partial charge is 0.480 e. The normalized spacial score (nSPS) is 16.1. The van der Waals surface area contributed by atoms with Crippen LogP contribution in [0.3, 0.4) is 0 Å². The smallest absolute Gasteiger partial charge is 0.326 e. The zero-order valence-corrected chi connectivity index (χ0v) is 44.7. The minimum Gasteiger partial charge on any atom is -0.480 e. The van der Waals surface area contributed by atoms with Gasteiger partial charge in [-0.15, -0.1) is 0 Å². The van der Waals surface area contributed by atoms with Gasteiger partial charge in [0.2, 0.25) is 47.3 Å². The number of H-pyrrole nitrogens is 1. The van der Waals surface area contributed by atoms with Crippen molar-refractivity contribution in [3.8, 4) is 0 Å². The lowest BCUT2D eigenvalue weighted by molar-refractivity contribution is -0.143. The molecule has 0 saturated carbocycles. The van der Waals surface area contributed by atoms with Crippen LogP contribution in [0.2, 0.25) is 0 Å². The molecule has 0 spiro atoms. The van der Waals surface area contributed by atoms with Crippen molar-refractivity contribution in [1.29, 1.82) is 0 Å². The fourth-order valence-corrected chi connectivity index (χ4v) is 8.86. The van der Waals surface area contributed by atoms with Crippen LogP contribution in [0.15, 0.2) is 65.8 Å². The molecule has 1 aromatic heterocycles. The van der Waals surface area contributed by atoms with Crippen molar-refractivity contribution in [2.24, 2.45) is 39.9 Å². The summed E-state index contributed by atoms with van der Waals surface area (Å²) in [6, 6.07) is 7.55. The van der Waals surface area contributed by atoms with E-state index in [2.05, 4.69) is 47.2 Å². The highest BCUT2D eigenvalue weighted by atomic mass is 16.4. The number of guanidine groups is 1. The van der Waals surface area contributed by atoms with Crippen molar-refractivity contribution in [1.82, 2.24) is 47.1 Å². The number of rotatable bonds is 29. The second-order valence-electron chi connectivity index (χ2n) is 20.6. The Bertz CT molecular complexity index is 2510. The van der Waals surface area contributed by atoms with Gasteiger partial charge in [0.15, 0.2) is 5.96 Å². The number of para-hydroxylation sites is 1. The van der Waals surface area contributed by atoms with Gasteiger partial charge in [0.1, 0.15) is 42.3 Å². The van der Waals surface area contributed by atoms with Crippen molar-refractivity contribution in [2.45, 2.75) is 148 Å². The number of hydrogen-bond donors (Lipinski definition) is 12. The number of likely N-dealkylation sites (tertiary alicyclic amines) is 1. The highest BCUT2D eigenvalue weighted by Gasteiger charge is 2.38. The number of hydrogen-bond acceptors (Lipinski definition) is 11. The Morgan fingerprint density at radius 3 is 1.91 bits per heavy atom. The van der Waals surface area contributed by atoms with Gasteiger partial charge in [-0.1, -0.05) is 90.1 Å². The molecule has 416 valence electrons. The topological polar surface area (TPSA) is 368 Å². The molecule has 0 bridgehead atoms. The predicted octanol–water partition coefficient (Wildman–Crippen LogP) is 0.203. The van der Waals surface area contributed by atoms with E-state index >= 15 is 0 Å². The van der Waals surface area contributed by atoms with Gasteiger partial charge in [-0.2, -0.15) is 0 Å². The van der Waals surface area contributed by atoms with Crippen LogP contribution in [0.4, 0.5) is 0 Å². The van der Waals surface area contributed by atoms with Gasteiger partial charge >= 0.3 is 5.97 Å². The molecule has 0 aliphatic carbocycles. The quantitative estimate of drug-likeness (QED) is 0.0252. The maximum absolute atomic E-state index is 14.2. The molecule has 3 aromatic rings. The van der Waals surface area contributed by atoms with E-state index in [9.17, 15) is 48.3 Å². The average Bonchev–Trinajstić information content (AvgIpc) is 4.03. The second-order valence-corrected chi connectivity index (χ2v) is 20.6. The van der Waals surface area contributed by atoms with E-state index < -0.39 is 114 Å². The van der Waals surface area contributed by atoms with E-state index in [1.807, 2.05) is 82.3 Å². The first kappa shape index (κ1) is 61.0. The Morgan fingerprint density at radius 2 is 1.29 bits per heavy atom. The number of aliphatic carboxylic acids is 1. The minimum atomic E-state index is -1.25. The zero-order valence-electron chi connectivity index (χ0n) is 44.7. The second kappa shape index (κ2) is 29.5. The molecule has 1 aliphatic heterocycles. The van der Waals surface area contributed by atoms with E-state index in [4.69, 9.17) is 17.2 Å². The van der Waals surface area contributed by atoms with Gasteiger partial charge in [0, 0.05) is 36.6 Å². The summed E-state index contributed by atoms with van der Waals surface area (Å²) in [5, 5.41) is 29.1. The standard InChI is InChI=1S/C53H79N13O10/c1-29(2)23-39(63-46(69)36(54)25-33-15-9-8-10-16-33)49(72)64-41(26-34-27-58-37-18-12-11-17-35(34)37)47(70)59-28-43(67)66-22-14-20-42(66)51(74)61-38(19-13-21-57-53(55)56)48(71)60-32(7)45(68)62-40(24-30(3)4)50(73)65-44(31(5)6)52(75)76/h8-12,15-18,27,29-32,36,38-42,44,58H,13-14,19-26,28,54H2,1-7H3,(H,59,70)(H,60,71)(H,61,74)(H,62,68)(H,63,69)(H,64,72)(H,65,73)(H,75,76)(H4,55,56,57)/t32-,36-,38+,39+,40+,41+,42+,44+/m1/s1. The van der Waals surface area contributed by atoms with Crippen LogP contribution in [-0.4, -0.2) is 142 Å². The van der Waals surface area contributed by atoms with E-state index in [1.54, 1.807) is 20.0 Å². The monoisotopic (exact) mass is 1060 g/mol. The first-order valence-corrected chi connectivity index (χ1v) is 26.0. The van der Waals surface area contributed by atoms with Gasteiger partial charge in [0.25, 0.3) is 0 Å². The molecule has 8 amide bonds. The number of nitrogens with one attached hydrogen (secondary N) is 8. The lowest BCUT2D eigenvalue weighted by Crippen LogP contribution is -2.59. The third kappa shape index (κ3) is 19.0. The molecular formula is C53H79N13O10. The fraction of sp³-hybridized carbons (Fsp3) is 0.547. The highest BCUT2D eigenvalue weighted by molar-refractivity contribution is 5.98. The lowest BCUT2D eigenvalue weighted by Gasteiger charge is -2.28. The lowest BCUT2D eigenvalue weighted by atomic mass is 10.00. The molecule has 8 atom stereocenters. The Labute approximate surface area is 443 Å². The molecule has 0 radical (unpaired) electrons. The molecule has 23 heteroatoms. The molecule has 1 saturated heterocycles. The van der Waals surface area contributed by atoms with Crippen LogP contribution in [-0.2, 0) is 56.0 Å². The summed E-state index contributed by atoms with van der Waals surface area (Å²) >= 11 is 0. The van der Waals surface area contributed by atoms with Crippen LogP contribution >= 0.6 is 0 Å². The number of amides is 8. The Morgan fingerprint density at radius 1 is 0.697 bits per heavy atom. The van der Waals surface area contributed by atoms with Crippen LogP contribution < -0.4 is 54.4 Å². The predicted molar refractivity (Wildman–Crippen MR) is 286 cm³/mol. The number of nitrogens with two attached hydrogens (primary N) is 3. The van der Waals surface area contributed by atoms with Gasteiger partial charge in [0.05, 0.1) is 12.6 Å². The zero-order chi connectivity index (χ0) is 56.2. The number of carbonyl (C=O) groups excluding carboxylic acids is 8. The van der Waals surface area contributed by atoms with Gasteiger partial charge < -0.3 is 69.4 Å². The number of aromatic nitrogens is 1. The van der Waals surface area contributed by atoms with E-state index in [0.29, 0.717) is 12.0 Å².